The Hall–Kier alpha value is -3.79. The summed E-state index contributed by atoms with van der Waals surface area (Å²) in [6.45, 7) is 3.40. The predicted octanol–water partition coefficient (Wildman–Crippen LogP) is 6.11. The number of ether oxygens (including phenoxy) is 1. The number of aromatic nitrogens is 1. The number of aryl methyl sites for hydroxylation is 1. The van der Waals surface area contributed by atoms with Crippen molar-refractivity contribution in [2.24, 2.45) is 5.10 Å². The number of carbonyl (C=O) groups is 1. The van der Waals surface area contributed by atoms with Crippen LogP contribution in [0.4, 0.5) is 5.69 Å². The number of benzene rings is 3. The Balaban J connectivity index is 1.44. The number of rotatable bonds is 9. The van der Waals surface area contributed by atoms with Crippen LogP contribution in [0.1, 0.15) is 17.0 Å². The number of sulfonamides is 1. The van der Waals surface area contributed by atoms with E-state index >= 15 is 0 Å². The van der Waals surface area contributed by atoms with E-state index in [9.17, 15) is 13.2 Å². The molecular weight excluding hydrogens is 559 g/mol. The van der Waals surface area contributed by atoms with Gasteiger partial charge in [0.05, 0.1) is 28.2 Å². The summed E-state index contributed by atoms with van der Waals surface area (Å²) >= 11 is 12.2. The molecule has 1 amide bonds. The molecule has 0 spiro atoms. The van der Waals surface area contributed by atoms with Gasteiger partial charge in [-0.2, -0.15) is 5.10 Å². The number of nitrogens with zero attached hydrogens (tertiary/aromatic N) is 3. The van der Waals surface area contributed by atoms with E-state index in [-0.39, 0.29) is 0 Å². The molecule has 0 atom stereocenters. The third-order valence-corrected chi connectivity index (χ3v) is 7.70. The first-order valence-corrected chi connectivity index (χ1v) is 14.4. The van der Waals surface area contributed by atoms with Gasteiger partial charge in [-0.25, -0.2) is 13.8 Å². The lowest BCUT2D eigenvalue weighted by Gasteiger charge is -2.21. The Labute approximate surface area is 237 Å². The minimum absolute atomic E-state index is 0.321. The smallest absolute Gasteiger partial charge is 0.260 e. The third-order valence-electron chi connectivity index (χ3n) is 5.82. The standard InChI is InChI=1S/C28H26Cl2N4O4S/c1-19-15-21(20(2)34(19)23-11-14-26(29)27(30)16-23)17-31-32-28(35)18-33(39(3,36)37)22-9-12-25(13-10-22)38-24-7-5-4-6-8-24/h4-17H,18H2,1-3H3,(H,32,35)/b31-17-. The topological polar surface area (TPSA) is 93.0 Å². The second-order valence-corrected chi connectivity index (χ2v) is 11.5. The lowest BCUT2D eigenvalue weighted by molar-refractivity contribution is -0.119. The highest BCUT2D eigenvalue weighted by Gasteiger charge is 2.21. The average molecular weight is 586 g/mol. The summed E-state index contributed by atoms with van der Waals surface area (Å²) in [5, 5.41) is 4.95. The quantitative estimate of drug-likeness (QED) is 0.190. The molecule has 11 heteroatoms. The Morgan fingerprint density at radius 3 is 2.28 bits per heavy atom. The van der Waals surface area contributed by atoms with Crippen molar-refractivity contribution in [3.05, 3.63) is 106 Å². The summed E-state index contributed by atoms with van der Waals surface area (Å²) in [5.74, 6) is 0.589. The second-order valence-electron chi connectivity index (χ2n) is 8.73. The number of hydrogen-bond acceptors (Lipinski definition) is 5. The molecule has 0 bridgehead atoms. The lowest BCUT2D eigenvalue weighted by atomic mass is 10.2. The number of halogens is 2. The zero-order chi connectivity index (χ0) is 28.2. The van der Waals surface area contributed by atoms with E-state index in [0.29, 0.717) is 27.2 Å². The van der Waals surface area contributed by atoms with Crippen molar-refractivity contribution in [1.82, 2.24) is 9.99 Å². The minimum Gasteiger partial charge on any atom is -0.457 e. The summed E-state index contributed by atoms with van der Waals surface area (Å²) < 4.78 is 33.7. The molecule has 1 aromatic heterocycles. The fourth-order valence-corrected chi connectivity index (χ4v) is 5.13. The summed E-state index contributed by atoms with van der Waals surface area (Å²) in [7, 11) is -3.75. The Morgan fingerprint density at radius 2 is 1.64 bits per heavy atom. The maximum Gasteiger partial charge on any atom is 0.260 e. The SMILES string of the molecule is Cc1cc(/C=N\NC(=O)CN(c2ccc(Oc3ccccc3)cc2)S(C)(=O)=O)c(C)n1-c1ccc(Cl)c(Cl)c1. The molecule has 0 fully saturated rings. The molecule has 0 aliphatic carbocycles. The highest BCUT2D eigenvalue weighted by atomic mass is 35.5. The van der Waals surface area contributed by atoms with Crippen molar-refractivity contribution in [3.8, 4) is 17.2 Å². The molecule has 8 nitrogen and oxygen atoms in total. The van der Waals surface area contributed by atoms with E-state index in [1.54, 1.807) is 36.4 Å². The van der Waals surface area contributed by atoms with Gasteiger partial charge in [-0.3, -0.25) is 9.10 Å². The van der Waals surface area contributed by atoms with E-state index in [0.717, 1.165) is 33.2 Å². The average Bonchev–Trinajstić information content (AvgIpc) is 3.17. The number of anilines is 1. The number of nitrogens with one attached hydrogen (secondary N) is 1. The molecule has 1 heterocycles. The zero-order valence-electron chi connectivity index (χ0n) is 21.4. The first-order chi connectivity index (χ1) is 18.5. The van der Waals surface area contributed by atoms with Crippen LogP contribution in [0.15, 0.2) is 84.0 Å². The summed E-state index contributed by atoms with van der Waals surface area (Å²) in [5.41, 5.74) is 6.15. The number of amides is 1. The molecule has 4 aromatic rings. The summed E-state index contributed by atoms with van der Waals surface area (Å²) in [6.07, 6.45) is 2.55. The van der Waals surface area contributed by atoms with Crippen LogP contribution in [-0.2, 0) is 14.8 Å². The maximum absolute atomic E-state index is 12.6. The number of hydrazone groups is 1. The molecule has 0 saturated heterocycles. The molecule has 202 valence electrons. The highest BCUT2D eigenvalue weighted by molar-refractivity contribution is 7.92. The monoisotopic (exact) mass is 584 g/mol. The first kappa shape index (κ1) is 28.2. The molecule has 0 aliphatic heterocycles. The molecule has 1 N–H and O–H groups in total. The van der Waals surface area contributed by atoms with E-state index in [4.69, 9.17) is 27.9 Å². The molecule has 0 saturated carbocycles. The van der Waals surface area contributed by atoms with Crippen LogP contribution in [0.25, 0.3) is 5.69 Å². The normalized spacial score (nSPS) is 11.5. The molecule has 4 rings (SSSR count). The van der Waals surface area contributed by atoms with Crippen LogP contribution in [0, 0.1) is 13.8 Å². The number of para-hydroxylation sites is 1. The van der Waals surface area contributed by atoms with Gasteiger partial charge in [0.25, 0.3) is 5.91 Å². The van der Waals surface area contributed by atoms with E-state index < -0.39 is 22.5 Å². The van der Waals surface area contributed by atoms with Crippen LogP contribution in [-0.4, -0.2) is 37.9 Å². The van der Waals surface area contributed by atoms with Crippen molar-refractivity contribution in [1.29, 1.82) is 0 Å². The highest BCUT2D eigenvalue weighted by Crippen LogP contribution is 2.28. The van der Waals surface area contributed by atoms with Crippen molar-refractivity contribution >= 4 is 51.0 Å². The fraction of sp³-hybridized carbons (Fsp3) is 0.143. The van der Waals surface area contributed by atoms with Gasteiger partial charge >= 0.3 is 0 Å². The molecule has 39 heavy (non-hydrogen) atoms. The molecule has 0 unspecified atom stereocenters. The van der Waals surface area contributed by atoms with Crippen LogP contribution in [0.3, 0.4) is 0 Å². The summed E-state index contributed by atoms with van der Waals surface area (Å²) in [6, 6.07) is 22.9. The van der Waals surface area contributed by atoms with E-state index in [1.165, 1.54) is 6.21 Å². The minimum atomic E-state index is -3.75. The molecule has 3 aromatic carbocycles. The lowest BCUT2D eigenvalue weighted by Crippen LogP contribution is -2.39. The van der Waals surface area contributed by atoms with Crippen LogP contribution in [0.2, 0.25) is 10.0 Å². The third kappa shape index (κ3) is 7.00. The predicted molar refractivity (Wildman–Crippen MR) is 156 cm³/mol. The fourth-order valence-electron chi connectivity index (χ4n) is 3.98. The van der Waals surface area contributed by atoms with Gasteiger partial charge in [0.2, 0.25) is 10.0 Å². The van der Waals surface area contributed by atoms with Crippen LogP contribution >= 0.6 is 23.2 Å². The van der Waals surface area contributed by atoms with E-state index in [2.05, 4.69) is 10.5 Å². The molecule has 0 aliphatic rings. The zero-order valence-corrected chi connectivity index (χ0v) is 23.8. The Kier molecular flexibility index (Phi) is 8.64. The van der Waals surface area contributed by atoms with Gasteiger partial charge in [-0.05, 0) is 74.5 Å². The maximum atomic E-state index is 12.6. The van der Waals surface area contributed by atoms with Crippen molar-refractivity contribution in [3.63, 3.8) is 0 Å². The van der Waals surface area contributed by atoms with Crippen LogP contribution < -0.4 is 14.5 Å². The Morgan fingerprint density at radius 1 is 0.974 bits per heavy atom. The Bertz CT molecular complexity index is 1620. The van der Waals surface area contributed by atoms with E-state index in [1.807, 2.05) is 60.9 Å². The van der Waals surface area contributed by atoms with Gasteiger partial charge < -0.3 is 9.30 Å². The number of hydrogen-bond donors (Lipinski definition) is 1. The van der Waals surface area contributed by atoms with Crippen molar-refractivity contribution < 1.29 is 17.9 Å². The van der Waals surface area contributed by atoms with Gasteiger partial charge in [0.15, 0.2) is 0 Å². The molecule has 0 radical (unpaired) electrons. The number of carbonyl (C=O) groups excluding carboxylic acids is 1. The first-order valence-electron chi connectivity index (χ1n) is 11.8. The van der Waals surface area contributed by atoms with Crippen LogP contribution in [0.5, 0.6) is 11.5 Å². The van der Waals surface area contributed by atoms with Crippen molar-refractivity contribution in [2.75, 3.05) is 17.1 Å². The van der Waals surface area contributed by atoms with Crippen molar-refractivity contribution in [2.45, 2.75) is 13.8 Å². The van der Waals surface area contributed by atoms with Gasteiger partial charge in [0, 0.05) is 22.6 Å². The van der Waals surface area contributed by atoms with Gasteiger partial charge in [0.1, 0.15) is 18.0 Å². The largest absolute Gasteiger partial charge is 0.457 e. The summed E-state index contributed by atoms with van der Waals surface area (Å²) in [4.78, 5) is 12.6. The van der Waals surface area contributed by atoms with Gasteiger partial charge in [-0.15, -0.1) is 0 Å². The second kappa shape index (κ2) is 11.9. The van der Waals surface area contributed by atoms with Gasteiger partial charge in [-0.1, -0.05) is 41.4 Å². The molecular formula is C28H26Cl2N4O4S.